The molecule has 0 aliphatic carbocycles. The Morgan fingerprint density at radius 1 is 0.973 bits per heavy atom. The fourth-order valence-corrected chi connectivity index (χ4v) is 4.32. The summed E-state index contributed by atoms with van der Waals surface area (Å²) in [6.07, 6.45) is -4.95. The Morgan fingerprint density at radius 2 is 1.59 bits per heavy atom. The van der Waals surface area contributed by atoms with Crippen LogP contribution in [0.5, 0.6) is 0 Å². The number of benzene rings is 2. The van der Waals surface area contributed by atoms with Crippen molar-refractivity contribution < 1.29 is 27.6 Å². The number of hydrogen-bond donors (Lipinski definition) is 0. The number of carbonyl (C=O) groups excluding carboxylic acids is 3. The Balaban J connectivity index is 2.59. The number of carbonyl (C=O) groups is 3. The molecular formula is C26H28Cl2F3N3O3. The van der Waals surface area contributed by atoms with Crippen LogP contribution in [0.4, 0.5) is 18.9 Å². The van der Waals surface area contributed by atoms with Gasteiger partial charge in [0.25, 0.3) is 0 Å². The predicted molar refractivity (Wildman–Crippen MR) is 139 cm³/mol. The van der Waals surface area contributed by atoms with Crippen LogP contribution < -0.4 is 4.90 Å². The lowest BCUT2D eigenvalue weighted by Gasteiger charge is -2.44. The number of anilines is 1. The number of para-hydroxylation sites is 1. The molecule has 0 N–H and O–H groups in total. The SMILES string of the molecule is C=CC[C@@](CN(C)C(=O)CC(F)(F)F)(c1ccc(Cl)c(Cl)c1)N(C)C(=O)C(=O)N(CC)c1ccccc1. The lowest BCUT2D eigenvalue weighted by molar-refractivity contribution is -0.162. The Hall–Kier alpha value is -3.04. The van der Waals surface area contributed by atoms with Crippen LogP contribution in [-0.4, -0.2) is 60.9 Å². The predicted octanol–water partition coefficient (Wildman–Crippen LogP) is 5.69. The molecule has 0 heterocycles. The zero-order chi connectivity index (χ0) is 28.0. The van der Waals surface area contributed by atoms with Crippen molar-refractivity contribution in [3.05, 3.63) is 76.8 Å². The van der Waals surface area contributed by atoms with Crippen LogP contribution in [0.25, 0.3) is 0 Å². The van der Waals surface area contributed by atoms with Crippen molar-refractivity contribution in [3.8, 4) is 0 Å². The van der Waals surface area contributed by atoms with Crippen molar-refractivity contribution >= 4 is 46.6 Å². The lowest BCUT2D eigenvalue weighted by atomic mass is 9.84. The molecule has 2 aromatic carbocycles. The average Bonchev–Trinajstić information content (AvgIpc) is 2.84. The van der Waals surface area contributed by atoms with Gasteiger partial charge in [-0.1, -0.05) is 53.5 Å². The minimum atomic E-state index is -4.72. The van der Waals surface area contributed by atoms with E-state index in [1.54, 1.807) is 43.3 Å². The summed E-state index contributed by atoms with van der Waals surface area (Å²) in [4.78, 5) is 42.7. The molecule has 0 aromatic heterocycles. The van der Waals surface area contributed by atoms with Crippen molar-refractivity contribution in [2.45, 2.75) is 31.5 Å². The number of nitrogens with zero attached hydrogens (tertiary/aromatic N) is 3. The first-order valence-electron chi connectivity index (χ1n) is 11.3. The Morgan fingerprint density at radius 3 is 2.11 bits per heavy atom. The molecule has 2 rings (SSSR count). The van der Waals surface area contributed by atoms with Gasteiger partial charge in [-0.15, -0.1) is 6.58 Å². The first-order chi connectivity index (χ1) is 17.3. The fourth-order valence-electron chi connectivity index (χ4n) is 4.03. The van der Waals surface area contributed by atoms with Crippen LogP contribution in [0.1, 0.15) is 25.3 Å². The zero-order valence-electron chi connectivity index (χ0n) is 20.7. The quantitative estimate of drug-likeness (QED) is 0.294. The van der Waals surface area contributed by atoms with Crippen molar-refractivity contribution in [2.24, 2.45) is 0 Å². The maximum Gasteiger partial charge on any atom is 0.397 e. The van der Waals surface area contributed by atoms with Crippen molar-refractivity contribution in [3.63, 3.8) is 0 Å². The molecule has 37 heavy (non-hydrogen) atoms. The van der Waals surface area contributed by atoms with E-state index in [1.807, 2.05) is 0 Å². The minimum Gasteiger partial charge on any atom is -0.343 e. The smallest absolute Gasteiger partial charge is 0.343 e. The van der Waals surface area contributed by atoms with E-state index in [1.165, 1.54) is 37.2 Å². The highest BCUT2D eigenvalue weighted by atomic mass is 35.5. The molecular weight excluding hydrogens is 530 g/mol. The molecule has 6 nitrogen and oxygen atoms in total. The minimum absolute atomic E-state index is 0.0123. The number of amides is 3. The molecule has 0 bridgehead atoms. The number of rotatable bonds is 9. The van der Waals surface area contributed by atoms with Gasteiger partial charge in [-0.2, -0.15) is 13.2 Å². The van der Waals surface area contributed by atoms with Gasteiger partial charge >= 0.3 is 18.0 Å². The molecule has 0 aliphatic heterocycles. The third-order valence-corrected chi connectivity index (χ3v) is 6.71. The van der Waals surface area contributed by atoms with E-state index in [2.05, 4.69) is 6.58 Å². The molecule has 2 aromatic rings. The number of alkyl halides is 3. The molecule has 0 spiro atoms. The summed E-state index contributed by atoms with van der Waals surface area (Å²) < 4.78 is 38.8. The first-order valence-corrected chi connectivity index (χ1v) is 12.0. The highest BCUT2D eigenvalue weighted by molar-refractivity contribution is 6.42. The second-order valence-electron chi connectivity index (χ2n) is 8.44. The van der Waals surface area contributed by atoms with Gasteiger partial charge in [-0.05, 0) is 43.2 Å². The van der Waals surface area contributed by atoms with Gasteiger partial charge in [0.2, 0.25) is 5.91 Å². The second-order valence-corrected chi connectivity index (χ2v) is 9.26. The highest BCUT2D eigenvalue weighted by Gasteiger charge is 2.44. The summed E-state index contributed by atoms with van der Waals surface area (Å²) in [6, 6.07) is 13.0. The van der Waals surface area contributed by atoms with E-state index in [0.717, 1.165) is 9.80 Å². The van der Waals surface area contributed by atoms with E-state index >= 15 is 0 Å². The van der Waals surface area contributed by atoms with Gasteiger partial charge in [-0.3, -0.25) is 14.4 Å². The zero-order valence-corrected chi connectivity index (χ0v) is 22.2. The number of halogens is 5. The lowest BCUT2D eigenvalue weighted by Crippen LogP contribution is -2.57. The van der Waals surface area contributed by atoms with E-state index in [0.29, 0.717) is 11.3 Å². The van der Waals surface area contributed by atoms with Gasteiger partial charge in [0, 0.05) is 32.9 Å². The summed E-state index contributed by atoms with van der Waals surface area (Å²) in [5, 5.41) is 0.342. The normalized spacial score (nSPS) is 12.9. The van der Waals surface area contributed by atoms with Crippen molar-refractivity contribution in [1.82, 2.24) is 9.80 Å². The average molecular weight is 558 g/mol. The third-order valence-electron chi connectivity index (χ3n) is 5.97. The first kappa shape index (κ1) is 30.2. The van der Waals surface area contributed by atoms with Crippen LogP contribution >= 0.6 is 23.2 Å². The maximum atomic E-state index is 13.6. The second kappa shape index (κ2) is 12.5. The summed E-state index contributed by atoms with van der Waals surface area (Å²) in [5.41, 5.74) is -0.632. The molecule has 0 fully saturated rings. The summed E-state index contributed by atoms with van der Waals surface area (Å²) in [6.45, 7) is 5.25. The van der Waals surface area contributed by atoms with E-state index in [4.69, 9.17) is 23.2 Å². The van der Waals surface area contributed by atoms with E-state index in [9.17, 15) is 27.6 Å². The molecule has 0 unspecified atom stereocenters. The van der Waals surface area contributed by atoms with Gasteiger partial charge in [0.15, 0.2) is 0 Å². The summed E-state index contributed by atoms with van der Waals surface area (Å²) >= 11 is 12.3. The van der Waals surface area contributed by atoms with E-state index < -0.39 is 35.9 Å². The number of likely N-dealkylation sites (N-methyl/N-ethyl adjacent to an activating group) is 3. The standard InChI is InChI=1S/C26H28Cl2F3N3O3/c1-5-14-25(18-12-13-20(27)21(28)15-18,17-32(3)22(35)16-26(29,30)31)33(4)23(36)24(37)34(6-2)19-10-8-7-9-11-19/h5,7-13,15H,1,6,14,16-17H2,2-4H3/t25-/m1/s1. The van der Waals surface area contributed by atoms with Gasteiger partial charge in [0.1, 0.15) is 6.42 Å². The van der Waals surface area contributed by atoms with E-state index in [-0.39, 0.29) is 29.6 Å². The van der Waals surface area contributed by atoms with Crippen LogP contribution in [0, 0.1) is 0 Å². The van der Waals surface area contributed by atoms with Crippen molar-refractivity contribution in [2.75, 3.05) is 32.1 Å². The molecule has 11 heteroatoms. The van der Waals surface area contributed by atoms with Gasteiger partial charge < -0.3 is 14.7 Å². The largest absolute Gasteiger partial charge is 0.397 e. The van der Waals surface area contributed by atoms with Crippen LogP contribution in [0.2, 0.25) is 10.0 Å². The Labute approximate surface area is 224 Å². The molecule has 0 aliphatic rings. The summed E-state index contributed by atoms with van der Waals surface area (Å²) in [5.74, 6) is -2.99. The molecule has 200 valence electrons. The number of hydrogen-bond acceptors (Lipinski definition) is 3. The maximum absolute atomic E-state index is 13.6. The monoisotopic (exact) mass is 557 g/mol. The topological polar surface area (TPSA) is 60.9 Å². The molecule has 3 amide bonds. The summed E-state index contributed by atoms with van der Waals surface area (Å²) in [7, 11) is 2.55. The van der Waals surface area contributed by atoms with Gasteiger partial charge in [-0.25, -0.2) is 0 Å². The molecule has 0 radical (unpaired) electrons. The highest BCUT2D eigenvalue weighted by Crippen LogP contribution is 2.37. The van der Waals surface area contributed by atoms with Gasteiger partial charge in [0.05, 0.1) is 15.6 Å². The van der Waals surface area contributed by atoms with Crippen LogP contribution in [0.3, 0.4) is 0 Å². The van der Waals surface area contributed by atoms with Crippen molar-refractivity contribution in [1.29, 1.82) is 0 Å². The van der Waals surface area contributed by atoms with Crippen LogP contribution in [-0.2, 0) is 19.9 Å². The third kappa shape index (κ3) is 7.26. The molecule has 0 saturated carbocycles. The van der Waals surface area contributed by atoms with Crippen LogP contribution in [0.15, 0.2) is 61.2 Å². The Kier molecular flexibility index (Phi) is 10.2. The molecule has 1 atom stereocenters. The Bertz CT molecular complexity index is 1140. The fraction of sp³-hybridized carbons (Fsp3) is 0.346. The molecule has 0 saturated heterocycles.